The maximum absolute atomic E-state index is 12.2. The van der Waals surface area contributed by atoms with Gasteiger partial charge in [0.2, 0.25) is 0 Å². The van der Waals surface area contributed by atoms with Gasteiger partial charge in [0.25, 0.3) is 10.0 Å². The fourth-order valence-electron chi connectivity index (χ4n) is 3.85. The Morgan fingerprint density at radius 1 is 1.29 bits per heavy atom. The molecule has 2 bridgehead atoms. The van der Waals surface area contributed by atoms with Crippen molar-refractivity contribution >= 4 is 21.5 Å². The predicted molar refractivity (Wildman–Crippen MR) is 79.5 cm³/mol. The molecular formula is C14H18N4O2S. The lowest BCUT2D eigenvalue weighted by atomic mass is 10.0. The number of nitrogens with zero attached hydrogens (tertiary/aromatic N) is 4. The van der Waals surface area contributed by atoms with Crippen LogP contribution < -0.4 is 5.01 Å². The Hall–Kier alpha value is -1.47. The van der Waals surface area contributed by atoms with Gasteiger partial charge in [0.1, 0.15) is 10.7 Å². The molecule has 0 radical (unpaired) electrons. The zero-order valence-electron chi connectivity index (χ0n) is 11.9. The third-order valence-electron chi connectivity index (χ3n) is 4.79. The van der Waals surface area contributed by atoms with Crippen molar-refractivity contribution in [2.24, 2.45) is 10.3 Å². The highest BCUT2D eigenvalue weighted by Gasteiger charge is 2.40. The summed E-state index contributed by atoms with van der Waals surface area (Å²) < 4.78 is 28.3. The Balaban J connectivity index is 1.81. The summed E-state index contributed by atoms with van der Waals surface area (Å²) in [6.45, 7) is 2.73. The number of aromatic nitrogens is 1. The molecule has 1 aliphatic carbocycles. The fraction of sp³-hybridized carbons (Fsp3) is 0.571. The van der Waals surface area contributed by atoms with Gasteiger partial charge in [-0.15, -0.1) is 4.40 Å². The molecule has 1 aromatic heterocycles. The Morgan fingerprint density at radius 2 is 2.14 bits per heavy atom. The van der Waals surface area contributed by atoms with Crippen molar-refractivity contribution in [1.82, 2.24) is 9.99 Å². The number of hydrazine groups is 1. The predicted octanol–water partition coefficient (Wildman–Crippen LogP) is 1.80. The number of rotatable bonds is 1. The molecule has 6 nitrogen and oxygen atoms in total. The third kappa shape index (κ3) is 1.98. The zero-order valence-corrected chi connectivity index (χ0v) is 12.8. The summed E-state index contributed by atoms with van der Waals surface area (Å²) in [7, 11) is -3.62. The molecule has 0 N–H and O–H groups in total. The van der Waals surface area contributed by atoms with Gasteiger partial charge in [-0.3, -0.25) is 9.99 Å². The lowest BCUT2D eigenvalue weighted by Crippen LogP contribution is -2.54. The van der Waals surface area contributed by atoms with E-state index in [4.69, 9.17) is 0 Å². The van der Waals surface area contributed by atoms with E-state index in [1.54, 1.807) is 19.2 Å². The van der Waals surface area contributed by atoms with Crippen LogP contribution >= 0.6 is 0 Å². The number of anilines is 1. The number of hydrogen-bond acceptors (Lipinski definition) is 5. The summed E-state index contributed by atoms with van der Waals surface area (Å²) in [6.07, 6.45) is 7.88. The Bertz CT molecular complexity index is 715. The highest BCUT2D eigenvalue weighted by Crippen LogP contribution is 2.40. The molecule has 7 heteroatoms. The molecule has 1 saturated heterocycles. The Kier molecular flexibility index (Phi) is 2.84. The first-order valence-corrected chi connectivity index (χ1v) is 8.82. The quantitative estimate of drug-likeness (QED) is 0.791. The lowest BCUT2D eigenvalue weighted by molar-refractivity contribution is 0.160. The molecule has 2 aliphatic heterocycles. The van der Waals surface area contributed by atoms with Crippen molar-refractivity contribution in [3.63, 3.8) is 0 Å². The monoisotopic (exact) mass is 306 g/mol. The first kappa shape index (κ1) is 13.2. The number of pyridine rings is 1. The van der Waals surface area contributed by atoms with E-state index < -0.39 is 10.0 Å². The minimum atomic E-state index is -3.62. The van der Waals surface area contributed by atoms with Crippen molar-refractivity contribution in [2.75, 3.05) is 11.6 Å². The van der Waals surface area contributed by atoms with E-state index in [0.29, 0.717) is 17.6 Å². The number of fused-ring (bicyclic) bond motifs is 3. The molecule has 0 amide bonds. The first-order valence-electron chi connectivity index (χ1n) is 7.38. The van der Waals surface area contributed by atoms with Crippen molar-refractivity contribution in [1.29, 1.82) is 0 Å². The second-order valence-electron chi connectivity index (χ2n) is 6.05. The van der Waals surface area contributed by atoms with E-state index in [1.165, 1.54) is 31.9 Å². The average Bonchev–Trinajstić information content (AvgIpc) is 2.83. The summed E-state index contributed by atoms with van der Waals surface area (Å²) >= 11 is 0. The molecule has 2 fully saturated rings. The maximum Gasteiger partial charge on any atom is 0.287 e. The van der Waals surface area contributed by atoms with Crippen LogP contribution in [0.4, 0.5) is 5.69 Å². The molecule has 2 atom stereocenters. The average molecular weight is 306 g/mol. The van der Waals surface area contributed by atoms with Crippen LogP contribution in [0.15, 0.2) is 27.8 Å². The van der Waals surface area contributed by atoms with Crippen LogP contribution in [0.1, 0.15) is 32.6 Å². The SMILES string of the molecule is CC1=NS(=O)(=O)c2cnccc2N1N1CC[C@@H]2CC[C@H]1C2. The zero-order chi connectivity index (χ0) is 14.6. The lowest BCUT2D eigenvalue weighted by Gasteiger charge is -2.43. The van der Waals surface area contributed by atoms with E-state index in [0.717, 1.165) is 12.5 Å². The number of amidine groups is 1. The number of hydrogen-bond donors (Lipinski definition) is 0. The minimum absolute atomic E-state index is 0.204. The van der Waals surface area contributed by atoms with E-state index >= 15 is 0 Å². The van der Waals surface area contributed by atoms with Crippen molar-refractivity contribution in [2.45, 2.75) is 43.5 Å². The van der Waals surface area contributed by atoms with Crippen LogP contribution in [0, 0.1) is 5.92 Å². The third-order valence-corrected chi connectivity index (χ3v) is 6.16. The largest absolute Gasteiger partial charge is 0.287 e. The van der Waals surface area contributed by atoms with E-state index in [1.807, 2.05) is 5.01 Å². The standard InChI is InChI=1S/C14H18N4O2S/c1-10-16-21(19,20)14-9-15-6-4-13(14)18(10)17-7-5-11-2-3-12(17)8-11/h4,6,9,11-12H,2-3,5,7-8H2,1H3/t11-,12-/m0/s1. The van der Waals surface area contributed by atoms with E-state index in [-0.39, 0.29) is 4.90 Å². The molecule has 1 saturated carbocycles. The van der Waals surface area contributed by atoms with Crippen LogP contribution in [0.2, 0.25) is 0 Å². The first-order chi connectivity index (χ1) is 10.1. The van der Waals surface area contributed by atoms with E-state index in [9.17, 15) is 8.42 Å². The summed E-state index contributed by atoms with van der Waals surface area (Å²) in [4.78, 5) is 4.16. The van der Waals surface area contributed by atoms with Gasteiger partial charge < -0.3 is 0 Å². The molecule has 0 spiro atoms. The normalized spacial score (nSPS) is 30.9. The second kappa shape index (κ2) is 4.51. The fourth-order valence-corrected chi connectivity index (χ4v) is 4.99. The molecule has 21 heavy (non-hydrogen) atoms. The van der Waals surface area contributed by atoms with Crippen LogP contribution in [-0.4, -0.2) is 36.8 Å². The smallest absolute Gasteiger partial charge is 0.263 e. The van der Waals surface area contributed by atoms with Crippen LogP contribution in [0.5, 0.6) is 0 Å². The molecule has 3 aliphatic rings. The summed E-state index contributed by atoms with van der Waals surface area (Å²) in [6, 6.07) is 2.27. The van der Waals surface area contributed by atoms with Crippen LogP contribution in [-0.2, 0) is 10.0 Å². The molecule has 3 heterocycles. The minimum Gasteiger partial charge on any atom is -0.263 e. The van der Waals surface area contributed by atoms with Gasteiger partial charge in [0.05, 0.1) is 5.69 Å². The van der Waals surface area contributed by atoms with Crippen molar-refractivity contribution in [3.05, 3.63) is 18.5 Å². The molecular weight excluding hydrogens is 288 g/mol. The van der Waals surface area contributed by atoms with Gasteiger partial charge in [0.15, 0.2) is 0 Å². The summed E-state index contributed by atoms with van der Waals surface area (Å²) in [5, 5.41) is 4.29. The number of piperidine rings is 1. The van der Waals surface area contributed by atoms with Gasteiger partial charge in [-0.05, 0) is 44.6 Å². The van der Waals surface area contributed by atoms with Gasteiger partial charge in [0, 0.05) is 25.0 Å². The van der Waals surface area contributed by atoms with Gasteiger partial charge in [-0.1, -0.05) is 0 Å². The highest BCUT2D eigenvalue weighted by molar-refractivity contribution is 7.90. The summed E-state index contributed by atoms with van der Waals surface area (Å²) in [5.41, 5.74) is 0.683. The molecule has 0 unspecified atom stereocenters. The van der Waals surface area contributed by atoms with Crippen molar-refractivity contribution < 1.29 is 8.42 Å². The number of sulfonamides is 1. The highest BCUT2D eigenvalue weighted by atomic mass is 32.2. The van der Waals surface area contributed by atoms with Crippen LogP contribution in [0.25, 0.3) is 0 Å². The topological polar surface area (TPSA) is 65.9 Å². The van der Waals surface area contributed by atoms with Crippen LogP contribution in [0.3, 0.4) is 0 Å². The second-order valence-corrected chi connectivity index (χ2v) is 7.63. The summed E-state index contributed by atoms with van der Waals surface area (Å²) in [5.74, 6) is 1.37. The van der Waals surface area contributed by atoms with Gasteiger partial charge in [-0.2, -0.15) is 8.42 Å². The molecule has 112 valence electrons. The van der Waals surface area contributed by atoms with Gasteiger partial charge >= 0.3 is 0 Å². The maximum atomic E-state index is 12.2. The van der Waals surface area contributed by atoms with Gasteiger partial charge in [-0.25, -0.2) is 5.01 Å². The Labute approximate surface area is 124 Å². The molecule has 4 rings (SSSR count). The molecule has 0 aromatic carbocycles. The Morgan fingerprint density at radius 3 is 3.00 bits per heavy atom. The van der Waals surface area contributed by atoms with Crippen molar-refractivity contribution in [3.8, 4) is 0 Å². The molecule has 1 aromatic rings. The van der Waals surface area contributed by atoms with E-state index in [2.05, 4.69) is 14.4 Å².